The molecule has 21 heavy (non-hydrogen) atoms. The molecule has 4 heteroatoms. The molecule has 1 N–H and O–H groups in total. The fourth-order valence-corrected chi connectivity index (χ4v) is 2.84. The molecule has 1 aliphatic heterocycles. The van der Waals surface area contributed by atoms with E-state index in [2.05, 4.69) is 10.2 Å². The van der Waals surface area contributed by atoms with Gasteiger partial charge in [-0.25, -0.2) is 0 Å². The first-order valence-electron chi connectivity index (χ1n) is 7.97. The van der Waals surface area contributed by atoms with Crippen LogP contribution in [0.3, 0.4) is 0 Å². The van der Waals surface area contributed by atoms with E-state index in [1.54, 1.807) is 14.2 Å². The van der Waals surface area contributed by atoms with Crippen molar-refractivity contribution in [2.24, 2.45) is 0 Å². The van der Waals surface area contributed by atoms with Crippen molar-refractivity contribution >= 4 is 0 Å². The van der Waals surface area contributed by atoms with Gasteiger partial charge in [-0.05, 0) is 44.1 Å². The monoisotopic (exact) mass is 292 g/mol. The molecule has 0 spiro atoms. The number of hydrogen-bond donors (Lipinski definition) is 1. The highest BCUT2D eigenvalue weighted by molar-refractivity contribution is 5.40. The lowest BCUT2D eigenvalue weighted by Gasteiger charge is -2.20. The lowest BCUT2D eigenvalue weighted by Crippen LogP contribution is -2.32. The summed E-state index contributed by atoms with van der Waals surface area (Å²) in [5.41, 5.74) is 1.15. The summed E-state index contributed by atoms with van der Waals surface area (Å²) in [7, 11) is 3.40. The van der Waals surface area contributed by atoms with Crippen molar-refractivity contribution < 1.29 is 9.47 Å². The van der Waals surface area contributed by atoms with Crippen LogP contribution in [0.1, 0.15) is 31.2 Å². The predicted molar refractivity (Wildman–Crippen MR) is 86.2 cm³/mol. The second kappa shape index (κ2) is 8.90. The molecule has 0 amide bonds. The highest BCUT2D eigenvalue weighted by Crippen LogP contribution is 2.23. The van der Waals surface area contributed by atoms with Gasteiger partial charge in [-0.15, -0.1) is 0 Å². The van der Waals surface area contributed by atoms with E-state index in [4.69, 9.17) is 9.47 Å². The van der Waals surface area contributed by atoms with Gasteiger partial charge in [0.15, 0.2) is 0 Å². The molecule has 0 saturated carbocycles. The van der Waals surface area contributed by atoms with Crippen LogP contribution in [0.25, 0.3) is 0 Å². The molecule has 1 saturated heterocycles. The van der Waals surface area contributed by atoms with Gasteiger partial charge in [0, 0.05) is 25.2 Å². The molecule has 2 rings (SSSR count). The van der Waals surface area contributed by atoms with Gasteiger partial charge in [-0.3, -0.25) is 0 Å². The third kappa shape index (κ3) is 5.21. The smallest absolute Gasteiger partial charge is 0.123 e. The number of nitrogens with one attached hydrogen (secondary N) is 1. The molecule has 1 aromatic carbocycles. The van der Waals surface area contributed by atoms with Crippen molar-refractivity contribution in [1.82, 2.24) is 10.2 Å². The molecule has 0 bridgehead atoms. The van der Waals surface area contributed by atoms with Gasteiger partial charge in [0.1, 0.15) is 11.5 Å². The third-order valence-electron chi connectivity index (χ3n) is 4.11. The molecule has 0 aliphatic carbocycles. The standard InChI is InChI=1S/C17H28N2O2/c1-20-16-7-8-17(21-2)15(13-16)14-18-9-12-19-10-5-3-4-6-11-19/h7-8,13,18H,3-6,9-12,14H2,1-2H3. The summed E-state index contributed by atoms with van der Waals surface area (Å²) in [6, 6.07) is 5.93. The quantitative estimate of drug-likeness (QED) is 0.783. The molecule has 0 radical (unpaired) electrons. The maximum absolute atomic E-state index is 5.40. The van der Waals surface area contributed by atoms with Crippen LogP contribution in [0.15, 0.2) is 18.2 Å². The maximum Gasteiger partial charge on any atom is 0.123 e. The topological polar surface area (TPSA) is 33.7 Å². The Bertz CT molecular complexity index is 415. The van der Waals surface area contributed by atoms with E-state index >= 15 is 0 Å². The van der Waals surface area contributed by atoms with E-state index in [9.17, 15) is 0 Å². The van der Waals surface area contributed by atoms with E-state index < -0.39 is 0 Å². The summed E-state index contributed by atoms with van der Waals surface area (Å²) in [5, 5.41) is 3.52. The van der Waals surface area contributed by atoms with Gasteiger partial charge in [-0.1, -0.05) is 12.8 Å². The Kier molecular flexibility index (Phi) is 6.83. The van der Waals surface area contributed by atoms with Gasteiger partial charge < -0.3 is 19.7 Å². The number of methoxy groups -OCH3 is 2. The predicted octanol–water partition coefficient (Wildman–Crippen LogP) is 2.67. The first-order valence-corrected chi connectivity index (χ1v) is 7.97. The average molecular weight is 292 g/mol. The van der Waals surface area contributed by atoms with Crippen LogP contribution >= 0.6 is 0 Å². The lowest BCUT2D eigenvalue weighted by molar-refractivity contribution is 0.283. The molecule has 1 aromatic rings. The average Bonchev–Trinajstić information content (AvgIpc) is 2.80. The van der Waals surface area contributed by atoms with Crippen molar-refractivity contribution in [3.63, 3.8) is 0 Å². The summed E-state index contributed by atoms with van der Waals surface area (Å²) in [5.74, 6) is 1.79. The first kappa shape index (κ1) is 16.1. The maximum atomic E-state index is 5.40. The van der Waals surface area contributed by atoms with E-state index in [1.807, 2.05) is 18.2 Å². The third-order valence-corrected chi connectivity index (χ3v) is 4.11. The normalized spacial score (nSPS) is 16.5. The zero-order chi connectivity index (χ0) is 14.9. The van der Waals surface area contributed by atoms with Gasteiger partial charge in [0.25, 0.3) is 0 Å². The van der Waals surface area contributed by atoms with E-state index in [-0.39, 0.29) is 0 Å². The van der Waals surface area contributed by atoms with E-state index in [0.29, 0.717) is 0 Å². The van der Waals surface area contributed by atoms with Crippen molar-refractivity contribution in [3.8, 4) is 11.5 Å². The molecule has 1 fully saturated rings. The Balaban J connectivity index is 1.77. The fraction of sp³-hybridized carbons (Fsp3) is 0.647. The SMILES string of the molecule is COc1ccc(OC)c(CNCCN2CCCCCC2)c1. The number of benzene rings is 1. The van der Waals surface area contributed by atoms with Gasteiger partial charge in [-0.2, -0.15) is 0 Å². The largest absolute Gasteiger partial charge is 0.497 e. The lowest BCUT2D eigenvalue weighted by atomic mass is 10.2. The Morgan fingerprint density at radius 2 is 1.81 bits per heavy atom. The van der Waals surface area contributed by atoms with Gasteiger partial charge in [0.2, 0.25) is 0 Å². The molecule has 0 unspecified atom stereocenters. The molecule has 0 aromatic heterocycles. The second-order valence-corrected chi connectivity index (χ2v) is 5.61. The zero-order valence-corrected chi connectivity index (χ0v) is 13.4. The van der Waals surface area contributed by atoms with Crippen LogP contribution in [0, 0.1) is 0 Å². The van der Waals surface area contributed by atoms with Crippen LogP contribution < -0.4 is 14.8 Å². The Morgan fingerprint density at radius 1 is 1.05 bits per heavy atom. The molecule has 1 aliphatic rings. The number of hydrogen-bond acceptors (Lipinski definition) is 4. The summed E-state index contributed by atoms with van der Waals surface area (Å²) in [6.07, 6.45) is 5.49. The number of ether oxygens (including phenoxy) is 2. The minimum atomic E-state index is 0.814. The highest BCUT2D eigenvalue weighted by atomic mass is 16.5. The molecule has 0 atom stereocenters. The van der Waals surface area contributed by atoms with Crippen LogP contribution in [0.2, 0.25) is 0 Å². The highest BCUT2D eigenvalue weighted by Gasteiger charge is 2.09. The summed E-state index contributed by atoms with van der Waals surface area (Å²) in [4.78, 5) is 2.57. The second-order valence-electron chi connectivity index (χ2n) is 5.61. The van der Waals surface area contributed by atoms with Crippen LogP contribution in [-0.4, -0.2) is 45.3 Å². The van der Waals surface area contributed by atoms with Gasteiger partial charge in [0.05, 0.1) is 14.2 Å². The van der Waals surface area contributed by atoms with Crippen molar-refractivity contribution in [2.45, 2.75) is 32.2 Å². The van der Waals surface area contributed by atoms with Crippen LogP contribution in [0.5, 0.6) is 11.5 Å². The Labute approximate surface area is 128 Å². The summed E-state index contributed by atoms with van der Waals surface area (Å²) < 4.78 is 10.7. The molecule has 1 heterocycles. The molecular weight excluding hydrogens is 264 g/mol. The number of rotatable bonds is 7. The zero-order valence-electron chi connectivity index (χ0n) is 13.4. The van der Waals surface area contributed by atoms with Crippen molar-refractivity contribution in [3.05, 3.63) is 23.8 Å². The number of nitrogens with zero attached hydrogens (tertiary/aromatic N) is 1. The Morgan fingerprint density at radius 3 is 2.48 bits per heavy atom. The van der Waals surface area contributed by atoms with Gasteiger partial charge >= 0.3 is 0 Å². The van der Waals surface area contributed by atoms with Crippen LogP contribution in [-0.2, 0) is 6.54 Å². The van der Waals surface area contributed by atoms with E-state index in [1.165, 1.54) is 38.8 Å². The minimum Gasteiger partial charge on any atom is -0.497 e. The molecular formula is C17H28N2O2. The molecule has 4 nitrogen and oxygen atoms in total. The summed E-state index contributed by atoms with van der Waals surface area (Å²) in [6.45, 7) is 5.47. The fourth-order valence-electron chi connectivity index (χ4n) is 2.84. The first-order chi connectivity index (χ1) is 10.3. The van der Waals surface area contributed by atoms with Crippen molar-refractivity contribution in [1.29, 1.82) is 0 Å². The minimum absolute atomic E-state index is 0.814. The van der Waals surface area contributed by atoms with Crippen LogP contribution in [0.4, 0.5) is 0 Å². The molecule has 118 valence electrons. The van der Waals surface area contributed by atoms with Crippen molar-refractivity contribution in [2.75, 3.05) is 40.4 Å². The number of likely N-dealkylation sites (tertiary alicyclic amines) is 1. The Hall–Kier alpha value is -1.26. The van der Waals surface area contributed by atoms with E-state index in [0.717, 1.165) is 36.7 Å². The summed E-state index contributed by atoms with van der Waals surface area (Å²) >= 11 is 0.